The topological polar surface area (TPSA) is 124 Å². The van der Waals surface area contributed by atoms with Gasteiger partial charge in [0.1, 0.15) is 23.6 Å². The molecule has 9 heteroatoms. The van der Waals surface area contributed by atoms with Crippen LogP contribution in [-0.2, 0) is 20.8 Å². The first-order valence-corrected chi connectivity index (χ1v) is 12.9. The Kier molecular flexibility index (Phi) is 9.64. The van der Waals surface area contributed by atoms with Gasteiger partial charge < -0.3 is 15.4 Å². The Morgan fingerprint density at radius 3 is 2.46 bits per heavy atom. The molecule has 2 atom stereocenters. The second-order valence-corrected chi connectivity index (χ2v) is 9.15. The van der Waals surface area contributed by atoms with Crippen molar-refractivity contribution >= 4 is 17.7 Å². The number of hydrogen-bond donors (Lipinski definition) is 3. The fourth-order valence-corrected chi connectivity index (χ4v) is 4.33. The number of ether oxygens (including phenoxy) is 1. The van der Waals surface area contributed by atoms with Crippen LogP contribution in [0, 0.1) is 11.3 Å². The molecular formula is C30H31N5O4. The highest BCUT2D eigenvalue weighted by atomic mass is 16.5. The lowest BCUT2D eigenvalue weighted by molar-refractivity contribution is -0.146. The third kappa shape index (κ3) is 7.90. The number of nitrogens with zero attached hydrogens (tertiary/aromatic N) is 2. The van der Waals surface area contributed by atoms with Gasteiger partial charge in [0.05, 0.1) is 12.5 Å². The Hall–Kier alpha value is -4.68. The maximum Gasteiger partial charge on any atom is 0.245 e. The molecule has 200 valence electrons. The first-order chi connectivity index (χ1) is 19.0. The number of amides is 3. The van der Waals surface area contributed by atoms with Crippen LogP contribution in [0.15, 0.2) is 84.9 Å². The van der Waals surface area contributed by atoms with Crippen molar-refractivity contribution in [3.05, 3.63) is 96.1 Å². The van der Waals surface area contributed by atoms with Crippen LogP contribution >= 0.6 is 0 Å². The van der Waals surface area contributed by atoms with Gasteiger partial charge in [-0.15, -0.1) is 0 Å². The van der Waals surface area contributed by atoms with E-state index < -0.39 is 18.0 Å². The van der Waals surface area contributed by atoms with Crippen LogP contribution in [0.1, 0.15) is 36.4 Å². The number of rotatable bonds is 10. The van der Waals surface area contributed by atoms with Crippen molar-refractivity contribution < 1.29 is 19.1 Å². The van der Waals surface area contributed by atoms with Gasteiger partial charge in [0.2, 0.25) is 17.7 Å². The highest BCUT2D eigenvalue weighted by molar-refractivity contribution is 5.88. The zero-order chi connectivity index (χ0) is 27.5. The molecule has 0 saturated carbocycles. The molecule has 1 aliphatic rings. The summed E-state index contributed by atoms with van der Waals surface area (Å²) < 4.78 is 5.86. The second-order valence-electron chi connectivity index (χ2n) is 9.15. The van der Waals surface area contributed by atoms with Gasteiger partial charge in [-0.2, -0.15) is 5.26 Å². The number of carbonyl (C=O) groups is 3. The Balaban J connectivity index is 1.33. The molecule has 1 fully saturated rings. The maximum absolute atomic E-state index is 13.2. The first kappa shape index (κ1) is 27.4. The maximum atomic E-state index is 13.2. The normalized spacial score (nSPS) is 15.5. The van der Waals surface area contributed by atoms with Crippen molar-refractivity contribution in [2.75, 3.05) is 13.1 Å². The molecule has 0 radical (unpaired) electrons. The Morgan fingerprint density at radius 1 is 1.00 bits per heavy atom. The van der Waals surface area contributed by atoms with E-state index >= 15 is 0 Å². The van der Waals surface area contributed by atoms with Crippen molar-refractivity contribution in [3.63, 3.8) is 0 Å². The lowest BCUT2D eigenvalue weighted by Gasteiger charge is -2.35. The van der Waals surface area contributed by atoms with E-state index in [0.717, 1.165) is 5.56 Å². The second kappa shape index (κ2) is 13.7. The molecule has 0 aromatic heterocycles. The molecule has 3 N–H and O–H groups in total. The number of carbonyl (C=O) groups excluding carboxylic acids is 3. The molecule has 1 aliphatic heterocycles. The fraction of sp³-hybridized carbons (Fsp3) is 0.267. The summed E-state index contributed by atoms with van der Waals surface area (Å²) in [5.74, 6) is 0.293. The van der Waals surface area contributed by atoms with Crippen molar-refractivity contribution in [1.29, 1.82) is 5.26 Å². The average Bonchev–Trinajstić information content (AvgIpc) is 2.97. The van der Waals surface area contributed by atoms with Gasteiger partial charge in [-0.3, -0.25) is 19.4 Å². The van der Waals surface area contributed by atoms with Gasteiger partial charge in [-0.05, 0) is 48.2 Å². The van der Waals surface area contributed by atoms with Crippen LogP contribution < -0.4 is 20.8 Å². The first-order valence-electron chi connectivity index (χ1n) is 12.9. The van der Waals surface area contributed by atoms with Gasteiger partial charge in [0, 0.05) is 19.5 Å². The van der Waals surface area contributed by atoms with Crippen molar-refractivity contribution in [1.82, 2.24) is 21.1 Å². The van der Waals surface area contributed by atoms with Gasteiger partial charge >= 0.3 is 0 Å². The van der Waals surface area contributed by atoms with Crippen LogP contribution in [0.4, 0.5) is 0 Å². The molecule has 3 aromatic carbocycles. The number of nitrogens with one attached hydrogen (secondary N) is 3. The number of hydrazine groups is 1. The SMILES string of the molecule is N#CC(NC(=O)[C@@H]1CCCNN1C(=O)CCNC(=O)Cc1ccccc1)c1cccc(Oc2ccccc2)c1. The quantitative estimate of drug-likeness (QED) is 0.373. The molecule has 1 saturated heterocycles. The summed E-state index contributed by atoms with van der Waals surface area (Å²) in [4.78, 5) is 38.4. The van der Waals surface area contributed by atoms with Crippen LogP contribution in [0.5, 0.6) is 11.5 Å². The molecular weight excluding hydrogens is 494 g/mol. The minimum absolute atomic E-state index is 0.0395. The van der Waals surface area contributed by atoms with Gasteiger partial charge in [-0.25, -0.2) is 5.43 Å². The van der Waals surface area contributed by atoms with Crippen molar-refractivity contribution in [3.8, 4) is 17.6 Å². The molecule has 1 unspecified atom stereocenters. The number of para-hydroxylation sites is 1. The zero-order valence-electron chi connectivity index (χ0n) is 21.5. The zero-order valence-corrected chi connectivity index (χ0v) is 21.5. The van der Waals surface area contributed by atoms with E-state index in [9.17, 15) is 19.6 Å². The molecule has 0 bridgehead atoms. The smallest absolute Gasteiger partial charge is 0.245 e. The Labute approximate surface area is 227 Å². The van der Waals surface area contributed by atoms with Crippen LogP contribution in [0.3, 0.4) is 0 Å². The van der Waals surface area contributed by atoms with E-state index in [0.29, 0.717) is 36.4 Å². The largest absolute Gasteiger partial charge is 0.457 e. The monoisotopic (exact) mass is 525 g/mol. The van der Waals surface area contributed by atoms with E-state index in [1.54, 1.807) is 24.3 Å². The molecule has 0 spiro atoms. The minimum atomic E-state index is -0.923. The van der Waals surface area contributed by atoms with Crippen LogP contribution in [0.2, 0.25) is 0 Å². The van der Waals surface area contributed by atoms with Gasteiger partial charge in [-0.1, -0.05) is 60.7 Å². The molecule has 9 nitrogen and oxygen atoms in total. The summed E-state index contributed by atoms with van der Waals surface area (Å²) >= 11 is 0. The summed E-state index contributed by atoms with van der Waals surface area (Å²) in [7, 11) is 0. The fourth-order valence-electron chi connectivity index (χ4n) is 4.33. The number of benzene rings is 3. The predicted octanol–water partition coefficient (Wildman–Crippen LogP) is 3.40. The summed E-state index contributed by atoms with van der Waals surface area (Å²) in [5, 5.41) is 16.7. The van der Waals surface area contributed by atoms with Crippen molar-refractivity contribution in [2.24, 2.45) is 0 Å². The summed E-state index contributed by atoms with van der Waals surface area (Å²) in [6.45, 7) is 0.711. The number of nitriles is 1. The average molecular weight is 526 g/mol. The molecule has 3 aromatic rings. The van der Waals surface area contributed by atoms with E-state index in [-0.39, 0.29) is 31.2 Å². The third-order valence-corrected chi connectivity index (χ3v) is 6.27. The van der Waals surface area contributed by atoms with E-state index in [1.807, 2.05) is 60.7 Å². The summed E-state index contributed by atoms with van der Waals surface area (Å²) in [6.07, 6.45) is 1.43. The third-order valence-electron chi connectivity index (χ3n) is 6.27. The van der Waals surface area contributed by atoms with E-state index in [1.165, 1.54) is 5.01 Å². The van der Waals surface area contributed by atoms with Crippen LogP contribution in [-0.4, -0.2) is 41.9 Å². The van der Waals surface area contributed by atoms with E-state index in [4.69, 9.17) is 4.74 Å². The standard InChI is InChI=1S/C30H31N5O4/c31-21-26(23-11-7-14-25(20-23)39-24-12-5-2-6-13-24)34-30(38)27-15-8-17-33-35(27)29(37)16-18-32-28(36)19-22-9-3-1-4-10-22/h1-7,9-14,20,26-27,33H,8,15-19H2,(H,32,36)(H,34,38)/t26?,27-/m0/s1. The highest BCUT2D eigenvalue weighted by Gasteiger charge is 2.33. The Morgan fingerprint density at radius 2 is 1.72 bits per heavy atom. The molecule has 39 heavy (non-hydrogen) atoms. The Bertz CT molecular complexity index is 1310. The van der Waals surface area contributed by atoms with Gasteiger partial charge in [0.15, 0.2) is 0 Å². The molecule has 0 aliphatic carbocycles. The lowest BCUT2D eigenvalue weighted by Crippen LogP contribution is -2.59. The highest BCUT2D eigenvalue weighted by Crippen LogP contribution is 2.25. The van der Waals surface area contributed by atoms with Crippen LogP contribution in [0.25, 0.3) is 0 Å². The predicted molar refractivity (Wildman–Crippen MR) is 145 cm³/mol. The molecule has 4 rings (SSSR count). The van der Waals surface area contributed by atoms with Crippen molar-refractivity contribution in [2.45, 2.75) is 37.8 Å². The molecule has 3 amide bonds. The lowest BCUT2D eigenvalue weighted by atomic mass is 10.0. The van der Waals surface area contributed by atoms with Gasteiger partial charge in [0.25, 0.3) is 0 Å². The summed E-state index contributed by atoms with van der Waals surface area (Å²) in [5.41, 5.74) is 4.46. The number of hydrogen-bond acceptors (Lipinski definition) is 6. The summed E-state index contributed by atoms with van der Waals surface area (Å²) in [6, 6.07) is 26.0. The van der Waals surface area contributed by atoms with E-state index in [2.05, 4.69) is 22.1 Å². The minimum Gasteiger partial charge on any atom is -0.457 e. The molecule has 1 heterocycles.